The number of imidazole rings is 1. The lowest BCUT2D eigenvalue weighted by atomic mass is 10.2. The molecule has 1 atom stereocenters. The number of pyridine rings is 1. The van der Waals surface area contributed by atoms with Crippen molar-refractivity contribution in [2.45, 2.75) is 19.2 Å². The van der Waals surface area contributed by atoms with Crippen molar-refractivity contribution in [2.24, 2.45) is 0 Å². The molecule has 2 heterocycles. The van der Waals surface area contributed by atoms with E-state index in [-0.39, 0.29) is 11.2 Å². The molecule has 0 aliphatic carbocycles. The Bertz CT molecular complexity index is 829. The summed E-state index contributed by atoms with van der Waals surface area (Å²) in [7, 11) is 0. The van der Waals surface area contributed by atoms with Crippen LogP contribution in [0, 0.1) is 12.7 Å². The summed E-state index contributed by atoms with van der Waals surface area (Å²) in [5.74, 6) is 0.227. The summed E-state index contributed by atoms with van der Waals surface area (Å²) >= 11 is 9.60. The highest BCUT2D eigenvalue weighted by atomic mass is 79.9. The molecule has 0 bridgehead atoms. The van der Waals surface area contributed by atoms with Gasteiger partial charge in [0.15, 0.2) is 5.65 Å². The van der Waals surface area contributed by atoms with Crippen LogP contribution < -0.4 is 0 Å². The van der Waals surface area contributed by atoms with E-state index in [9.17, 15) is 4.39 Å². The van der Waals surface area contributed by atoms with Crippen LogP contribution in [-0.2, 0) is 0 Å². The topological polar surface area (TPSA) is 30.7 Å². The second-order valence-corrected chi connectivity index (χ2v) is 6.39. The fraction of sp³-hybridized carbons (Fsp3) is 0.200. The summed E-state index contributed by atoms with van der Waals surface area (Å²) in [4.78, 5) is 8.90. The van der Waals surface area contributed by atoms with Gasteiger partial charge in [-0.05, 0) is 43.7 Å². The zero-order valence-corrected chi connectivity index (χ0v) is 13.8. The van der Waals surface area contributed by atoms with Crippen LogP contribution in [-0.4, -0.2) is 14.5 Å². The predicted octanol–water partition coefficient (Wildman–Crippen LogP) is 4.93. The first-order valence-corrected chi connectivity index (χ1v) is 7.65. The van der Waals surface area contributed by atoms with Crippen LogP contribution in [0.4, 0.5) is 4.39 Å². The third-order valence-corrected chi connectivity index (χ3v) is 3.97. The fourth-order valence-electron chi connectivity index (χ4n) is 2.27. The molecule has 0 saturated heterocycles. The van der Waals surface area contributed by atoms with Gasteiger partial charge in [-0.3, -0.25) is 4.57 Å². The molecule has 3 aromatic rings. The molecule has 0 N–H and O–H groups in total. The number of nitrogens with zero attached hydrogens (tertiary/aromatic N) is 3. The van der Waals surface area contributed by atoms with Gasteiger partial charge < -0.3 is 0 Å². The van der Waals surface area contributed by atoms with E-state index >= 15 is 0 Å². The molecule has 3 rings (SSSR count). The standard InChI is InChI=1S/C15H12BrClFN3/c1-8-5-6-19-15-13(8)20-14(9(2)17)21(15)12-7-10(16)3-4-11(12)18/h3-7,9H,1-2H3. The van der Waals surface area contributed by atoms with Crippen molar-refractivity contribution in [3.05, 3.63) is 52.1 Å². The molecule has 0 fully saturated rings. The van der Waals surface area contributed by atoms with Crippen molar-refractivity contribution < 1.29 is 4.39 Å². The van der Waals surface area contributed by atoms with E-state index in [1.807, 2.05) is 19.9 Å². The molecule has 21 heavy (non-hydrogen) atoms. The number of fused-ring (bicyclic) bond motifs is 1. The molecular formula is C15H12BrClFN3. The summed E-state index contributed by atoms with van der Waals surface area (Å²) in [5.41, 5.74) is 2.70. The molecule has 0 amide bonds. The second-order valence-electron chi connectivity index (χ2n) is 4.82. The molecular weight excluding hydrogens is 357 g/mol. The monoisotopic (exact) mass is 367 g/mol. The van der Waals surface area contributed by atoms with Crippen LogP contribution in [0.25, 0.3) is 16.9 Å². The number of rotatable bonds is 2. The maximum atomic E-state index is 14.3. The van der Waals surface area contributed by atoms with Crippen LogP contribution >= 0.6 is 27.5 Å². The van der Waals surface area contributed by atoms with E-state index in [2.05, 4.69) is 25.9 Å². The molecule has 0 spiro atoms. The number of aromatic nitrogens is 3. The molecule has 108 valence electrons. The maximum Gasteiger partial charge on any atom is 0.165 e. The van der Waals surface area contributed by atoms with Gasteiger partial charge in [0.05, 0.1) is 11.1 Å². The number of aryl methyl sites for hydroxylation is 1. The van der Waals surface area contributed by atoms with Crippen LogP contribution in [0.5, 0.6) is 0 Å². The Balaban J connectivity index is 2.42. The van der Waals surface area contributed by atoms with Crippen LogP contribution in [0.1, 0.15) is 23.7 Å². The van der Waals surface area contributed by atoms with Crippen LogP contribution in [0.3, 0.4) is 0 Å². The SMILES string of the molecule is Cc1ccnc2c1nc(C(C)Cl)n2-c1cc(Br)ccc1F. The zero-order valence-electron chi connectivity index (χ0n) is 11.4. The fourth-order valence-corrected chi connectivity index (χ4v) is 2.77. The van der Waals surface area contributed by atoms with Crippen molar-refractivity contribution in [3.63, 3.8) is 0 Å². The van der Waals surface area contributed by atoms with Crippen LogP contribution in [0.15, 0.2) is 34.9 Å². The van der Waals surface area contributed by atoms with Crippen molar-refractivity contribution in [1.82, 2.24) is 14.5 Å². The minimum Gasteiger partial charge on any atom is -0.276 e. The van der Waals surface area contributed by atoms with Gasteiger partial charge in [0.2, 0.25) is 0 Å². The van der Waals surface area contributed by atoms with E-state index < -0.39 is 0 Å². The minimum atomic E-state index is -0.364. The summed E-state index contributed by atoms with van der Waals surface area (Å²) in [6.07, 6.45) is 1.69. The Kier molecular flexibility index (Phi) is 3.71. The van der Waals surface area contributed by atoms with E-state index in [0.29, 0.717) is 17.2 Å². The smallest absolute Gasteiger partial charge is 0.165 e. The summed E-state index contributed by atoms with van der Waals surface area (Å²) in [6, 6.07) is 6.63. The third-order valence-electron chi connectivity index (χ3n) is 3.28. The average Bonchev–Trinajstić information content (AvgIpc) is 2.82. The molecule has 1 unspecified atom stereocenters. The third kappa shape index (κ3) is 2.45. The minimum absolute atomic E-state index is 0.348. The Morgan fingerprint density at radius 3 is 2.81 bits per heavy atom. The molecule has 0 radical (unpaired) electrons. The number of hydrogen-bond acceptors (Lipinski definition) is 2. The Hall–Kier alpha value is -1.46. The first-order chi connectivity index (χ1) is 9.99. The molecule has 6 heteroatoms. The molecule has 0 aliphatic heterocycles. The Labute approximate surface area is 134 Å². The van der Waals surface area contributed by atoms with Crippen LogP contribution in [0.2, 0.25) is 0 Å². The van der Waals surface area contributed by atoms with Gasteiger partial charge in [-0.1, -0.05) is 15.9 Å². The van der Waals surface area contributed by atoms with Gasteiger partial charge in [-0.25, -0.2) is 14.4 Å². The van der Waals surface area contributed by atoms with Gasteiger partial charge in [0, 0.05) is 10.7 Å². The molecule has 1 aromatic carbocycles. The van der Waals surface area contributed by atoms with Crippen molar-refractivity contribution in [2.75, 3.05) is 0 Å². The van der Waals surface area contributed by atoms with Crippen molar-refractivity contribution in [1.29, 1.82) is 0 Å². The summed E-state index contributed by atoms with van der Waals surface area (Å²) in [5, 5.41) is -0.364. The van der Waals surface area contributed by atoms with E-state index in [4.69, 9.17) is 11.6 Å². The lowest BCUT2D eigenvalue weighted by molar-refractivity contribution is 0.615. The molecule has 3 nitrogen and oxygen atoms in total. The quantitative estimate of drug-likeness (QED) is 0.600. The van der Waals surface area contributed by atoms with Gasteiger partial charge in [-0.2, -0.15) is 0 Å². The number of hydrogen-bond donors (Lipinski definition) is 0. The normalized spacial score (nSPS) is 12.8. The maximum absolute atomic E-state index is 14.3. The van der Waals surface area contributed by atoms with Gasteiger partial charge in [0.25, 0.3) is 0 Å². The van der Waals surface area contributed by atoms with E-state index in [1.54, 1.807) is 22.9 Å². The van der Waals surface area contributed by atoms with E-state index in [0.717, 1.165) is 15.6 Å². The highest BCUT2D eigenvalue weighted by molar-refractivity contribution is 9.10. The number of benzene rings is 1. The lowest BCUT2D eigenvalue weighted by Gasteiger charge is -2.11. The highest BCUT2D eigenvalue weighted by Gasteiger charge is 2.20. The Morgan fingerprint density at radius 1 is 1.33 bits per heavy atom. The lowest BCUT2D eigenvalue weighted by Crippen LogP contribution is -2.05. The van der Waals surface area contributed by atoms with Crippen molar-refractivity contribution >= 4 is 38.7 Å². The average molecular weight is 369 g/mol. The van der Waals surface area contributed by atoms with E-state index in [1.165, 1.54) is 6.07 Å². The summed E-state index contributed by atoms with van der Waals surface area (Å²) < 4.78 is 16.7. The summed E-state index contributed by atoms with van der Waals surface area (Å²) in [6.45, 7) is 3.76. The van der Waals surface area contributed by atoms with Gasteiger partial charge in [-0.15, -0.1) is 11.6 Å². The first-order valence-electron chi connectivity index (χ1n) is 6.42. The molecule has 2 aromatic heterocycles. The Morgan fingerprint density at radius 2 is 2.10 bits per heavy atom. The largest absolute Gasteiger partial charge is 0.276 e. The number of halogens is 3. The van der Waals surface area contributed by atoms with Crippen molar-refractivity contribution in [3.8, 4) is 5.69 Å². The molecule has 0 saturated carbocycles. The number of alkyl halides is 1. The second kappa shape index (κ2) is 5.39. The zero-order chi connectivity index (χ0) is 15.1. The highest BCUT2D eigenvalue weighted by Crippen LogP contribution is 2.30. The van der Waals surface area contributed by atoms with Gasteiger partial charge in [0.1, 0.15) is 17.2 Å². The van der Waals surface area contributed by atoms with Gasteiger partial charge >= 0.3 is 0 Å². The molecule has 0 aliphatic rings. The predicted molar refractivity (Wildman–Crippen MR) is 85.5 cm³/mol. The first kappa shape index (κ1) is 14.5.